The van der Waals surface area contributed by atoms with Crippen molar-refractivity contribution >= 4 is 18.3 Å². The number of nitrogens with one attached hydrogen (secondary N) is 2. The van der Waals surface area contributed by atoms with Crippen molar-refractivity contribution in [2.45, 2.75) is 19.4 Å². The molecule has 7 heteroatoms. The van der Waals surface area contributed by atoms with E-state index in [0.717, 1.165) is 0 Å². The predicted octanol–water partition coefficient (Wildman–Crippen LogP) is 1.76. The number of amides is 1. The van der Waals surface area contributed by atoms with Gasteiger partial charge in [-0.1, -0.05) is 13.0 Å². The Labute approximate surface area is 137 Å². The van der Waals surface area contributed by atoms with Gasteiger partial charge in [-0.3, -0.25) is 4.79 Å². The topological polar surface area (TPSA) is 59.6 Å². The number of carbonyl (C=O) groups is 1. The highest BCUT2D eigenvalue weighted by atomic mass is 35.5. The molecule has 0 heterocycles. The van der Waals surface area contributed by atoms with E-state index in [0.29, 0.717) is 31.9 Å². The Balaban J connectivity index is 0.00000441. The predicted molar refractivity (Wildman–Crippen MR) is 86.1 cm³/mol. The van der Waals surface area contributed by atoms with Crippen LogP contribution in [0.1, 0.15) is 13.3 Å². The summed E-state index contributed by atoms with van der Waals surface area (Å²) >= 11 is 0. The van der Waals surface area contributed by atoms with E-state index in [1.807, 2.05) is 6.92 Å². The lowest BCUT2D eigenvalue weighted by atomic mass is 10.2. The Morgan fingerprint density at radius 2 is 2.18 bits per heavy atom. The van der Waals surface area contributed by atoms with Crippen LogP contribution < -0.4 is 15.4 Å². The number of hydrogen-bond donors (Lipinski definition) is 2. The number of benzene rings is 1. The van der Waals surface area contributed by atoms with E-state index in [-0.39, 0.29) is 36.8 Å². The molecule has 1 amide bonds. The maximum atomic E-state index is 13.1. The third kappa shape index (κ3) is 8.81. The highest BCUT2D eigenvalue weighted by Crippen LogP contribution is 2.14. The molecule has 0 aliphatic carbocycles. The van der Waals surface area contributed by atoms with E-state index in [4.69, 9.17) is 9.47 Å². The SMILES string of the molecule is CCC(CNC(=O)CNCCOC)Oc1cccc(F)c1.Cl. The van der Waals surface area contributed by atoms with Crippen LogP contribution in [0.3, 0.4) is 0 Å². The maximum absolute atomic E-state index is 13.1. The molecule has 0 radical (unpaired) electrons. The summed E-state index contributed by atoms with van der Waals surface area (Å²) in [5, 5.41) is 5.74. The van der Waals surface area contributed by atoms with Crippen molar-refractivity contribution in [2.75, 3.05) is 33.4 Å². The number of methoxy groups -OCH3 is 1. The van der Waals surface area contributed by atoms with Crippen molar-refractivity contribution in [1.82, 2.24) is 10.6 Å². The van der Waals surface area contributed by atoms with E-state index >= 15 is 0 Å². The van der Waals surface area contributed by atoms with Crippen molar-refractivity contribution in [3.05, 3.63) is 30.1 Å². The zero-order valence-corrected chi connectivity index (χ0v) is 13.7. The largest absolute Gasteiger partial charge is 0.489 e. The minimum absolute atomic E-state index is 0. The van der Waals surface area contributed by atoms with Gasteiger partial charge < -0.3 is 20.1 Å². The fourth-order valence-electron chi connectivity index (χ4n) is 1.67. The van der Waals surface area contributed by atoms with E-state index in [2.05, 4.69) is 10.6 Å². The Bertz CT molecular complexity index is 435. The van der Waals surface area contributed by atoms with Crippen LogP contribution >= 0.6 is 12.4 Å². The van der Waals surface area contributed by atoms with Gasteiger partial charge in [0.2, 0.25) is 5.91 Å². The fraction of sp³-hybridized carbons (Fsp3) is 0.533. The Kier molecular flexibility index (Phi) is 11.4. The van der Waals surface area contributed by atoms with Gasteiger partial charge in [0, 0.05) is 19.7 Å². The fourth-order valence-corrected chi connectivity index (χ4v) is 1.67. The molecule has 0 aliphatic rings. The molecule has 5 nitrogen and oxygen atoms in total. The first-order valence-electron chi connectivity index (χ1n) is 7.04. The van der Waals surface area contributed by atoms with E-state index in [1.54, 1.807) is 19.2 Å². The average Bonchev–Trinajstić information content (AvgIpc) is 2.48. The molecular formula is C15H24ClFN2O3. The van der Waals surface area contributed by atoms with Gasteiger partial charge in [0.25, 0.3) is 0 Å². The molecule has 0 saturated heterocycles. The molecule has 0 saturated carbocycles. The first kappa shape index (κ1) is 20.6. The molecule has 0 aromatic heterocycles. The number of hydrogen-bond acceptors (Lipinski definition) is 4. The lowest BCUT2D eigenvalue weighted by molar-refractivity contribution is -0.120. The van der Waals surface area contributed by atoms with Crippen LogP contribution in [-0.4, -0.2) is 45.4 Å². The van der Waals surface area contributed by atoms with Gasteiger partial charge in [-0.25, -0.2) is 4.39 Å². The van der Waals surface area contributed by atoms with E-state index < -0.39 is 0 Å². The number of carbonyl (C=O) groups excluding carboxylic acids is 1. The molecule has 0 spiro atoms. The standard InChI is InChI=1S/C15H23FN2O3.ClH/c1-3-13(21-14-6-4-5-12(16)9-14)10-18-15(19)11-17-7-8-20-2;/h4-6,9,13,17H,3,7-8,10-11H2,1-2H3,(H,18,19);1H. The van der Waals surface area contributed by atoms with Crippen molar-refractivity contribution in [1.29, 1.82) is 0 Å². The minimum Gasteiger partial charge on any atom is -0.489 e. The normalized spacial score (nSPS) is 11.4. The molecule has 126 valence electrons. The third-order valence-electron chi connectivity index (χ3n) is 2.85. The van der Waals surface area contributed by atoms with Crippen molar-refractivity contribution in [3.8, 4) is 5.75 Å². The van der Waals surface area contributed by atoms with Gasteiger partial charge in [-0.05, 0) is 18.6 Å². The zero-order chi connectivity index (χ0) is 15.5. The summed E-state index contributed by atoms with van der Waals surface area (Å²) in [4.78, 5) is 11.6. The van der Waals surface area contributed by atoms with Crippen molar-refractivity contribution in [2.24, 2.45) is 0 Å². The van der Waals surface area contributed by atoms with Crippen LogP contribution in [0.25, 0.3) is 0 Å². The molecule has 0 fully saturated rings. The summed E-state index contributed by atoms with van der Waals surface area (Å²) in [5.41, 5.74) is 0. The van der Waals surface area contributed by atoms with Crippen LogP contribution in [0.4, 0.5) is 4.39 Å². The summed E-state index contributed by atoms with van der Waals surface area (Å²) in [7, 11) is 1.61. The molecule has 1 atom stereocenters. The van der Waals surface area contributed by atoms with Crippen LogP contribution in [0.2, 0.25) is 0 Å². The van der Waals surface area contributed by atoms with E-state index in [1.165, 1.54) is 12.1 Å². The smallest absolute Gasteiger partial charge is 0.234 e. The lowest BCUT2D eigenvalue weighted by Crippen LogP contribution is -2.40. The molecule has 1 aromatic rings. The van der Waals surface area contributed by atoms with E-state index in [9.17, 15) is 9.18 Å². The van der Waals surface area contributed by atoms with Gasteiger partial charge in [0.15, 0.2) is 0 Å². The lowest BCUT2D eigenvalue weighted by Gasteiger charge is -2.18. The molecule has 1 aromatic carbocycles. The highest BCUT2D eigenvalue weighted by molar-refractivity contribution is 5.85. The van der Waals surface area contributed by atoms with Crippen LogP contribution in [0, 0.1) is 5.82 Å². The molecule has 22 heavy (non-hydrogen) atoms. The maximum Gasteiger partial charge on any atom is 0.234 e. The van der Waals surface area contributed by atoms with Crippen LogP contribution in [0.5, 0.6) is 5.75 Å². The molecule has 1 unspecified atom stereocenters. The second-order valence-electron chi connectivity index (χ2n) is 4.58. The monoisotopic (exact) mass is 334 g/mol. The van der Waals surface area contributed by atoms with Crippen LogP contribution in [0.15, 0.2) is 24.3 Å². The molecule has 0 bridgehead atoms. The summed E-state index contributed by atoms with van der Waals surface area (Å²) in [6.07, 6.45) is 0.531. The summed E-state index contributed by atoms with van der Waals surface area (Å²) < 4.78 is 23.6. The molecule has 2 N–H and O–H groups in total. The summed E-state index contributed by atoms with van der Waals surface area (Å²) in [6.45, 7) is 3.76. The Hall–Kier alpha value is -1.37. The van der Waals surface area contributed by atoms with Gasteiger partial charge in [0.05, 0.1) is 19.7 Å². The third-order valence-corrected chi connectivity index (χ3v) is 2.85. The molecule has 0 aliphatic heterocycles. The number of rotatable bonds is 10. The van der Waals surface area contributed by atoms with Gasteiger partial charge in [0.1, 0.15) is 17.7 Å². The quantitative estimate of drug-likeness (QED) is 0.640. The average molecular weight is 335 g/mol. The van der Waals surface area contributed by atoms with Crippen LogP contribution in [-0.2, 0) is 9.53 Å². The Morgan fingerprint density at radius 3 is 2.82 bits per heavy atom. The van der Waals surface area contributed by atoms with Crippen molar-refractivity contribution < 1.29 is 18.7 Å². The number of halogens is 2. The molecule has 1 rings (SSSR count). The van der Waals surface area contributed by atoms with Gasteiger partial charge >= 0.3 is 0 Å². The second-order valence-corrected chi connectivity index (χ2v) is 4.58. The summed E-state index contributed by atoms with van der Waals surface area (Å²) in [6, 6.07) is 5.98. The first-order chi connectivity index (χ1) is 10.2. The minimum atomic E-state index is -0.339. The molecular weight excluding hydrogens is 311 g/mol. The van der Waals surface area contributed by atoms with Crippen molar-refractivity contribution in [3.63, 3.8) is 0 Å². The Morgan fingerprint density at radius 1 is 1.41 bits per heavy atom. The van der Waals surface area contributed by atoms with Gasteiger partial charge in [-0.2, -0.15) is 0 Å². The number of ether oxygens (including phenoxy) is 2. The summed E-state index contributed by atoms with van der Waals surface area (Å²) in [5.74, 6) is 0.0236. The second kappa shape index (κ2) is 12.2. The zero-order valence-electron chi connectivity index (χ0n) is 12.9. The first-order valence-corrected chi connectivity index (χ1v) is 7.04. The van der Waals surface area contributed by atoms with Gasteiger partial charge in [-0.15, -0.1) is 12.4 Å². The highest BCUT2D eigenvalue weighted by Gasteiger charge is 2.10.